The van der Waals surface area contributed by atoms with E-state index < -0.39 is 0 Å². The summed E-state index contributed by atoms with van der Waals surface area (Å²) in [5.41, 5.74) is 0. The van der Waals surface area contributed by atoms with Gasteiger partial charge < -0.3 is 20.1 Å². The smallest absolute Gasteiger partial charge is 0.191 e. The van der Waals surface area contributed by atoms with Crippen LogP contribution in [-0.4, -0.2) is 50.3 Å². The van der Waals surface area contributed by atoms with Crippen LogP contribution < -0.4 is 20.1 Å². The number of benzene rings is 1. The zero-order valence-corrected chi connectivity index (χ0v) is 14.8. The van der Waals surface area contributed by atoms with Crippen molar-refractivity contribution in [2.45, 2.75) is 25.9 Å². The number of nitrogens with zero attached hydrogens (tertiary/aromatic N) is 1. The molecule has 6 heteroatoms. The van der Waals surface area contributed by atoms with Crippen LogP contribution in [0.25, 0.3) is 0 Å². The molecule has 1 aromatic rings. The molecule has 1 unspecified atom stereocenters. The van der Waals surface area contributed by atoms with E-state index in [1.165, 1.54) is 12.2 Å². The first-order valence-corrected chi connectivity index (χ1v) is 9.62. The number of guanidine groups is 1. The second-order valence-corrected chi connectivity index (χ2v) is 6.33. The van der Waals surface area contributed by atoms with Crippen molar-refractivity contribution in [1.82, 2.24) is 10.6 Å². The van der Waals surface area contributed by atoms with Gasteiger partial charge in [0.25, 0.3) is 0 Å². The molecular formula is C17H27N3O2S. The molecule has 2 N–H and O–H groups in total. The van der Waals surface area contributed by atoms with Crippen LogP contribution in [0.5, 0.6) is 11.5 Å². The van der Waals surface area contributed by atoms with Crippen LogP contribution in [0.1, 0.15) is 19.8 Å². The molecule has 0 bridgehead atoms. The lowest BCUT2D eigenvalue weighted by Gasteiger charge is -2.25. The van der Waals surface area contributed by atoms with Crippen molar-refractivity contribution in [2.24, 2.45) is 4.99 Å². The summed E-state index contributed by atoms with van der Waals surface area (Å²) in [4.78, 5) is 4.61. The predicted octanol–water partition coefficient (Wildman–Crippen LogP) is 2.52. The monoisotopic (exact) mass is 337 g/mol. The average Bonchev–Trinajstić information content (AvgIpc) is 2.59. The van der Waals surface area contributed by atoms with Gasteiger partial charge in [-0.1, -0.05) is 12.1 Å². The number of hydrogen-bond donors (Lipinski definition) is 2. The summed E-state index contributed by atoms with van der Waals surface area (Å²) >= 11 is 1.89. The zero-order valence-electron chi connectivity index (χ0n) is 14.0. The first-order chi connectivity index (χ1) is 11.3. The molecule has 0 aromatic heterocycles. The molecule has 0 spiro atoms. The molecular weight excluding hydrogens is 310 g/mol. The molecule has 128 valence electrons. The first-order valence-electron chi connectivity index (χ1n) is 8.23. The van der Waals surface area contributed by atoms with E-state index in [2.05, 4.69) is 28.8 Å². The number of para-hydroxylation sites is 2. The summed E-state index contributed by atoms with van der Waals surface area (Å²) in [5.74, 6) is 3.67. The minimum atomic E-state index is -0.0446. The predicted molar refractivity (Wildman–Crippen MR) is 98.0 cm³/mol. The minimum Gasteiger partial charge on any atom is -0.486 e. The van der Waals surface area contributed by atoms with E-state index in [0.717, 1.165) is 37.0 Å². The second-order valence-electron chi connectivity index (χ2n) is 5.34. The Bertz CT molecular complexity index is 496. The van der Waals surface area contributed by atoms with Gasteiger partial charge in [0.2, 0.25) is 0 Å². The van der Waals surface area contributed by atoms with Gasteiger partial charge in [0.1, 0.15) is 6.61 Å². The van der Waals surface area contributed by atoms with Crippen molar-refractivity contribution < 1.29 is 9.47 Å². The molecule has 2 rings (SSSR count). The van der Waals surface area contributed by atoms with E-state index in [4.69, 9.17) is 9.47 Å². The quantitative estimate of drug-likeness (QED) is 0.434. The maximum atomic E-state index is 5.93. The van der Waals surface area contributed by atoms with E-state index in [9.17, 15) is 0 Å². The van der Waals surface area contributed by atoms with Gasteiger partial charge in [-0.05, 0) is 43.9 Å². The number of thioether (sulfide) groups is 1. The molecule has 5 nitrogen and oxygen atoms in total. The van der Waals surface area contributed by atoms with E-state index in [0.29, 0.717) is 13.2 Å². The topological polar surface area (TPSA) is 54.9 Å². The summed E-state index contributed by atoms with van der Waals surface area (Å²) in [6, 6.07) is 7.76. The lowest BCUT2D eigenvalue weighted by molar-refractivity contribution is 0.0971. The van der Waals surface area contributed by atoms with Gasteiger partial charge >= 0.3 is 0 Å². The molecule has 1 aromatic carbocycles. The molecule has 23 heavy (non-hydrogen) atoms. The third-order valence-electron chi connectivity index (χ3n) is 3.43. The molecule has 1 heterocycles. The van der Waals surface area contributed by atoms with Crippen LogP contribution in [0.2, 0.25) is 0 Å². The zero-order chi connectivity index (χ0) is 16.3. The van der Waals surface area contributed by atoms with Crippen molar-refractivity contribution in [2.75, 3.05) is 38.2 Å². The maximum absolute atomic E-state index is 5.93. The van der Waals surface area contributed by atoms with Gasteiger partial charge in [-0.15, -0.1) is 0 Å². The standard InChI is InChI=1S/C17H27N3O2S/c1-3-18-17(19-10-6-7-11-23-2)20-12-14-13-21-15-8-4-5-9-16(15)22-14/h4-5,8-9,14H,3,6-7,10-13H2,1-2H3,(H2,18,19,20). The fraction of sp³-hybridized carbons (Fsp3) is 0.588. The summed E-state index contributed by atoms with van der Waals surface area (Å²) in [6.07, 6.45) is 4.48. The van der Waals surface area contributed by atoms with Crippen LogP contribution >= 0.6 is 11.8 Å². The fourth-order valence-corrected chi connectivity index (χ4v) is 2.76. The highest BCUT2D eigenvalue weighted by Crippen LogP contribution is 2.30. The average molecular weight is 337 g/mol. The van der Waals surface area contributed by atoms with Gasteiger partial charge in [-0.25, -0.2) is 4.99 Å². The Hall–Kier alpha value is -1.56. The highest BCUT2D eigenvalue weighted by Gasteiger charge is 2.20. The molecule has 1 atom stereocenters. The van der Waals surface area contributed by atoms with Gasteiger partial charge in [-0.3, -0.25) is 0 Å². The SMILES string of the molecule is CCNC(=NCC1COc2ccccc2O1)NCCCCSC. The van der Waals surface area contributed by atoms with Crippen molar-refractivity contribution in [1.29, 1.82) is 0 Å². The summed E-state index contributed by atoms with van der Waals surface area (Å²) < 4.78 is 11.6. The highest BCUT2D eigenvalue weighted by molar-refractivity contribution is 7.98. The summed E-state index contributed by atoms with van der Waals surface area (Å²) in [7, 11) is 0. The second kappa shape index (κ2) is 10.3. The molecule has 0 saturated carbocycles. The Labute approximate surface area is 143 Å². The molecule has 0 fully saturated rings. The lowest BCUT2D eigenvalue weighted by atomic mass is 10.2. The number of fused-ring (bicyclic) bond motifs is 1. The van der Waals surface area contributed by atoms with Crippen LogP contribution in [0.4, 0.5) is 0 Å². The summed E-state index contributed by atoms with van der Waals surface area (Å²) in [5, 5.41) is 6.64. The molecule has 0 amide bonds. The van der Waals surface area contributed by atoms with Crippen molar-refractivity contribution in [3.05, 3.63) is 24.3 Å². The number of nitrogens with one attached hydrogen (secondary N) is 2. The van der Waals surface area contributed by atoms with Gasteiger partial charge in [0.15, 0.2) is 23.6 Å². The lowest BCUT2D eigenvalue weighted by Crippen LogP contribution is -2.39. The number of unbranched alkanes of at least 4 members (excludes halogenated alkanes) is 1. The van der Waals surface area contributed by atoms with Crippen LogP contribution in [0, 0.1) is 0 Å². The van der Waals surface area contributed by atoms with E-state index in [-0.39, 0.29) is 6.10 Å². The third-order valence-corrected chi connectivity index (χ3v) is 4.13. The van der Waals surface area contributed by atoms with Gasteiger partial charge in [0.05, 0.1) is 6.54 Å². The summed E-state index contributed by atoms with van der Waals surface area (Å²) in [6.45, 7) is 4.97. The molecule has 0 radical (unpaired) electrons. The van der Waals surface area contributed by atoms with Crippen molar-refractivity contribution >= 4 is 17.7 Å². The van der Waals surface area contributed by atoms with Crippen LogP contribution in [0.15, 0.2) is 29.3 Å². The van der Waals surface area contributed by atoms with Gasteiger partial charge in [0, 0.05) is 13.1 Å². The van der Waals surface area contributed by atoms with E-state index in [1.54, 1.807) is 0 Å². The van der Waals surface area contributed by atoms with Crippen LogP contribution in [-0.2, 0) is 0 Å². The number of ether oxygens (including phenoxy) is 2. The van der Waals surface area contributed by atoms with E-state index in [1.807, 2.05) is 36.0 Å². The Morgan fingerprint density at radius 1 is 1.26 bits per heavy atom. The highest BCUT2D eigenvalue weighted by atomic mass is 32.2. The Morgan fingerprint density at radius 2 is 2.09 bits per heavy atom. The largest absolute Gasteiger partial charge is 0.486 e. The molecule has 0 saturated heterocycles. The molecule has 1 aliphatic rings. The normalized spacial score (nSPS) is 17.0. The minimum absolute atomic E-state index is 0.0446. The van der Waals surface area contributed by atoms with Crippen LogP contribution in [0.3, 0.4) is 0 Å². The number of aliphatic imine (C=N–C) groups is 1. The van der Waals surface area contributed by atoms with E-state index >= 15 is 0 Å². The third kappa shape index (κ3) is 6.22. The Morgan fingerprint density at radius 3 is 2.87 bits per heavy atom. The number of rotatable bonds is 8. The Kier molecular flexibility index (Phi) is 7.93. The van der Waals surface area contributed by atoms with Gasteiger partial charge in [-0.2, -0.15) is 11.8 Å². The molecule has 1 aliphatic heterocycles. The first kappa shape index (κ1) is 17.8. The molecule has 0 aliphatic carbocycles. The number of hydrogen-bond acceptors (Lipinski definition) is 4. The fourth-order valence-electron chi connectivity index (χ4n) is 2.27. The maximum Gasteiger partial charge on any atom is 0.191 e. The van der Waals surface area contributed by atoms with Crippen molar-refractivity contribution in [3.63, 3.8) is 0 Å². The van der Waals surface area contributed by atoms with Crippen molar-refractivity contribution in [3.8, 4) is 11.5 Å². The Balaban J connectivity index is 1.78.